The minimum atomic E-state index is -3.11. The molecule has 0 spiro atoms. The third-order valence-electron chi connectivity index (χ3n) is 1.64. The zero-order valence-electron chi connectivity index (χ0n) is 7.22. The van der Waals surface area contributed by atoms with E-state index in [1.54, 1.807) is 6.92 Å². The van der Waals surface area contributed by atoms with Crippen LogP contribution in [0.3, 0.4) is 0 Å². The van der Waals surface area contributed by atoms with Crippen LogP contribution >= 0.6 is 0 Å². The summed E-state index contributed by atoms with van der Waals surface area (Å²) in [7, 11) is 0. The Morgan fingerprint density at radius 1 is 1.42 bits per heavy atom. The zero-order valence-corrected chi connectivity index (χ0v) is 7.22. The molecule has 12 heavy (non-hydrogen) atoms. The number of hydrogen-bond donors (Lipinski definition) is 3. The number of rotatable bonds is 5. The van der Waals surface area contributed by atoms with Gasteiger partial charge in [-0.2, -0.15) is 0 Å². The molecule has 0 fully saturated rings. The summed E-state index contributed by atoms with van der Waals surface area (Å²) >= 11 is 0. The fourth-order valence-corrected chi connectivity index (χ4v) is 0.537. The summed E-state index contributed by atoms with van der Waals surface area (Å²) in [6.45, 7) is 1.31. The fourth-order valence-electron chi connectivity index (χ4n) is 0.537. The van der Waals surface area contributed by atoms with Gasteiger partial charge in [0.2, 0.25) is 0 Å². The SMILES string of the molecule is CC(O)C(C)NCC(F)(F)CO. The van der Waals surface area contributed by atoms with Crippen LogP contribution in [0, 0.1) is 0 Å². The van der Waals surface area contributed by atoms with Crippen LogP contribution in [0.5, 0.6) is 0 Å². The molecule has 2 unspecified atom stereocenters. The Balaban J connectivity index is 3.67. The van der Waals surface area contributed by atoms with Crippen LogP contribution in [0.4, 0.5) is 8.78 Å². The van der Waals surface area contributed by atoms with Gasteiger partial charge < -0.3 is 15.5 Å². The first-order valence-corrected chi connectivity index (χ1v) is 3.79. The molecule has 0 radical (unpaired) electrons. The molecular formula is C7H15F2NO2. The number of nitrogens with one attached hydrogen (secondary N) is 1. The van der Waals surface area contributed by atoms with Gasteiger partial charge in [-0.1, -0.05) is 0 Å². The highest BCUT2D eigenvalue weighted by atomic mass is 19.3. The molecule has 0 saturated carbocycles. The number of halogens is 2. The van der Waals surface area contributed by atoms with Gasteiger partial charge >= 0.3 is 0 Å². The van der Waals surface area contributed by atoms with Crippen LogP contribution in [0.2, 0.25) is 0 Å². The van der Waals surface area contributed by atoms with Crippen molar-refractivity contribution in [2.45, 2.75) is 31.9 Å². The van der Waals surface area contributed by atoms with Crippen molar-refractivity contribution in [3.63, 3.8) is 0 Å². The smallest absolute Gasteiger partial charge is 0.282 e. The molecule has 5 heteroatoms. The summed E-state index contributed by atoms with van der Waals surface area (Å²) in [4.78, 5) is 0. The topological polar surface area (TPSA) is 52.5 Å². The van der Waals surface area contributed by atoms with Crippen molar-refractivity contribution >= 4 is 0 Å². The normalized spacial score (nSPS) is 17.5. The van der Waals surface area contributed by atoms with Crippen LogP contribution in [-0.2, 0) is 0 Å². The second kappa shape index (κ2) is 4.69. The van der Waals surface area contributed by atoms with Crippen LogP contribution in [0.25, 0.3) is 0 Å². The van der Waals surface area contributed by atoms with Gasteiger partial charge in [-0.05, 0) is 13.8 Å². The highest BCUT2D eigenvalue weighted by Crippen LogP contribution is 2.10. The Labute approximate surface area is 70.4 Å². The van der Waals surface area contributed by atoms with Gasteiger partial charge in [0, 0.05) is 6.04 Å². The Morgan fingerprint density at radius 2 is 1.92 bits per heavy atom. The molecule has 3 N–H and O–H groups in total. The maximum absolute atomic E-state index is 12.4. The Hall–Kier alpha value is -0.260. The third-order valence-corrected chi connectivity index (χ3v) is 1.64. The van der Waals surface area contributed by atoms with Crippen LogP contribution in [-0.4, -0.2) is 41.4 Å². The molecule has 0 aromatic heterocycles. The summed E-state index contributed by atoms with van der Waals surface area (Å²) in [5.74, 6) is -3.11. The molecule has 74 valence electrons. The van der Waals surface area contributed by atoms with Crippen molar-refractivity contribution in [3.8, 4) is 0 Å². The molecular weight excluding hydrogens is 168 g/mol. The maximum Gasteiger partial charge on any atom is 0.282 e. The summed E-state index contributed by atoms with van der Waals surface area (Å²) < 4.78 is 24.8. The second-order valence-electron chi connectivity index (χ2n) is 2.92. The van der Waals surface area contributed by atoms with Crippen molar-refractivity contribution in [3.05, 3.63) is 0 Å². The van der Waals surface area contributed by atoms with Gasteiger partial charge in [0.05, 0.1) is 12.6 Å². The van der Waals surface area contributed by atoms with E-state index in [0.29, 0.717) is 0 Å². The van der Waals surface area contributed by atoms with Gasteiger partial charge in [-0.15, -0.1) is 0 Å². The monoisotopic (exact) mass is 183 g/mol. The Kier molecular flexibility index (Phi) is 4.59. The zero-order chi connectivity index (χ0) is 9.78. The van der Waals surface area contributed by atoms with Crippen molar-refractivity contribution in [1.82, 2.24) is 5.32 Å². The number of aliphatic hydroxyl groups excluding tert-OH is 2. The van der Waals surface area contributed by atoms with E-state index >= 15 is 0 Å². The Bertz CT molecular complexity index is 131. The average molecular weight is 183 g/mol. The fraction of sp³-hybridized carbons (Fsp3) is 1.00. The van der Waals surface area contributed by atoms with Gasteiger partial charge in [0.1, 0.15) is 6.61 Å². The lowest BCUT2D eigenvalue weighted by Crippen LogP contribution is -2.44. The van der Waals surface area contributed by atoms with Crippen molar-refractivity contribution in [2.75, 3.05) is 13.2 Å². The van der Waals surface area contributed by atoms with E-state index in [1.807, 2.05) is 0 Å². The third kappa shape index (κ3) is 4.58. The first kappa shape index (κ1) is 11.7. The van der Waals surface area contributed by atoms with E-state index < -0.39 is 31.2 Å². The molecule has 0 aliphatic rings. The first-order valence-electron chi connectivity index (χ1n) is 3.79. The van der Waals surface area contributed by atoms with E-state index in [0.717, 1.165) is 0 Å². The second-order valence-corrected chi connectivity index (χ2v) is 2.92. The molecule has 0 bridgehead atoms. The van der Waals surface area contributed by atoms with Gasteiger partial charge in [-0.3, -0.25) is 0 Å². The van der Waals surface area contributed by atoms with E-state index in [-0.39, 0.29) is 0 Å². The average Bonchev–Trinajstić information content (AvgIpc) is 2.00. The quantitative estimate of drug-likeness (QED) is 0.561. The van der Waals surface area contributed by atoms with E-state index in [2.05, 4.69) is 5.32 Å². The van der Waals surface area contributed by atoms with Crippen LogP contribution in [0.1, 0.15) is 13.8 Å². The highest BCUT2D eigenvalue weighted by molar-refractivity contribution is 4.73. The largest absolute Gasteiger partial charge is 0.392 e. The lowest BCUT2D eigenvalue weighted by atomic mass is 10.2. The summed E-state index contributed by atoms with van der Waals surface area (Å²) in [6.07, 6.45) is -0.681. The molecule has 0 aliphatic heterocycles. The molecule has 0 aliphatic carbocycles. The molecule has 2 atom stereocenters. The van der Waals surface area contributed by atoms with Gasteiger partial charge in [-0.25, -0.2) is 8.78 Å². The lowest BCUT2D eigenvalue weighted by molar-refractivity contribution is -0.0512. The van der Waals surface area contributed by atoms with Crippen LogP contribution in [0.15, 0.2) is 0 Å². The summed E-state index contributed by atoms with van der Waals surface area (Å²) in [5.41, 5.74) is 0. The maximum atomic E-state index is 12.4. The summed E-state index contributed by atoms with van der Waals surface area (Å²) in [5, 5.41) is 19.5. The predicted molar refractivity (Wildman–Crippen MR) is 41.2 cm³/mol. The van der Waals surface area contributed by atoms with E-state index in [1.165, 1.54) is 6.92 Å². The van der Waals surface area contributed by atoms with E-state index in [9.17, 15) is 8.78 Å². The van der Waals surface area contributed by atoms with Crippen molar-refractivity contribution in [2.24, 2.45) is 0 Å². The molecule has 0 aromatic rings. The summed E-state index contributed by atoms with van der Waals surface area (Å²) in [6, 6.07) is -0.401. The molecule has 0 heterocycles. The highest BCUT2D eigenvalue weighted by Gasteiger charge is 2.28. The standard InChI is InChI=1S/C7H15F2NO2/c1-5(6(2)12)10-3-7(8,9)4-11/h5-6,10-12H,3-4H2,1-2H3. The first-order chi connectivity index (χ1) is 5.39. The minimum absolute atomic E-state index is 0.401. The predicted octanol–water partition coefficient (Wildman–Crippen LogP) is -0.0271. The number of alkyl halides is 2. The van der Waals surface area contributed by atoms with E-state index in [4.69, 9.17) is 10.2 Å². The number of hydrogen-bond acceptors (Lipinski definition) is 3. The number of aliphatic hydroxyl groups is 2. The minimum Gasteiger partial charge on any atom is -0.392 e. The van der Waals surface area contributed by atoms with Crippen molar-refractivity contribution in [1.29, 1.82) is 0 Å². The van der Waals surface area contributed by atoms with Gasteiger partial charge in [0.25, 0.3) is 5.92 Å². The molecule has 0 saturated heterocycles. The molecule has 3 nitrogen and oxygen atoms in total. The Morgan fingerprint density at radius 3 is 2.25 bits per heavy atom. The van der Waals surface area contributed by atoms with Crippen LogP contribution < -0.4 is 5.32 Å². The molecule has 0 aromatic carbocycles. The lowest BCUT2D eigenvalue weighted by Gasteiger charge is -2.20. The molecule has 0 rings (SSSR count). The van der Waals surface area contributed by atoms with Gasteiger partial charge in [0.15, 0.2) is 0 Å². The molecule has 0 amide bonds. The van der Waals surface area contributed by atoms with Crippen molar-refractivity contribution < 1.29 is 19.0 Å².